The van der Waals surface area contributed by atoms with Crippen LogP contribution >= 0.6 is 0 Å². The maximum absolute atomic E-state index is 13.1. The van der Waals surface area contributed by atoms with Gasteiger partial charge in [-0.2, -0.15) is 0 Å². The topological polar surface area (TPSA) is 64.5 Å². The first-order valence-electron chi connectivity index (χ1n) is 9.63. The van der Waals surface area contributed by atoms with Crippen molar-refractivity contribution in [1.29, 1.82) is 0 Å². The van der Waals surface area contributed by atoms with Gasteiger partial charge in [-0.15, -0.1) is 0 Å². The maximum Gasteiger partial charge on any atom is 0.255 e. The van der Waals surface area contributed by atoms with Crippen molar-refractivity contribution < 1.29 is 14.3 Å². The lowest BCUT2D eigenvalue weighted by Gasteiger charge is -2.38. The molecule has 0 saturated carbocycles. The van der Waals surface area contributed by atoms with E-state index in [0.717, 1.165) is 25.7 Å². The number of rotatable bonds is 5. The third kappa shape index (κ3) is 3.89. The first-order valence-corrected chi connectivity index (χ1v) is 9.63. The second kappa shape index (κ2) is 7.55. The van der Waals surface area contributed by atoms with Crippen LogP contribution in [0.1, 0.15) is 49.9 Å². The van der Waals surface area contributed by atoms with Crippen molar-refractivity contribution in [2.75, 3.05) is 0 Å². The van der Waals surface area contributed by atoms with Crippen molar-refractivity contribution >= 4 is 5.91 Å². The molecule has 2 aromatic heterocycles. The van der Waals surface area contributed by atoms with E-state index in [2.05, 4.69) is 9.97 Å². The van der Waals surface area contributed by atoms with Gasteiger partial charge in [0, 0.05) is 49.5 Å². The molecule has 2 atom stereocenters. The molecule has 6 nitrogen and oxygen atoms in total. The molecule has 1 amide bonds. The number of carbonyl (C=O) groups excluding carboxylic acids is 1. The number of amides is 1. The molecule has 142 valence electrons. The molecule has 0 aliphatic carbocycles. The fraction of sp³-hybridized carbons (Fsp3) is 0.476. The summed E-state index contributed by atoms with van der Waals surface area (Å²) in [6.07, 6.45) is 7.29. The third-order valence-electron chi connectivity index (χ3n) is 5.19. The Morgan fingerprint density at radius 3 is 2.44 bits per heavy atom. The highest BCUT2D eigenvalue weighted by Gasteiger charge is 2.44. The normalized spacial score (nSPS) is 24.1. The Bertz CT molecular complexity index is 765. The van der Waals surface area contributed by atoms with E-state index in [0.29, 0.717) is 17.3 Å². The molecule has 2 saturated heterocycles. The van der Waals surface area contributed by atoms with E-state index in [1.165, 1.54) is 0 Å². The molecule has 0 radical (unpaired) electrons. The van der Waals surface area contributed by atoms with Crippen LogP contribution in [0.25, 0.3) is 0 Å². The number of piperidine rings is 1. The summed E-state index contributed by atoms with van der Waals surface area (Å²) in [5.74, 6) is 1.26. The molecule has 4 rings (SSSR count). The summed E-state index contributed by atoms with van der Waals surface area (Å²) in [6, 6.07) is 9.70. The Hall–Kier alpha value is -2.63. The Morgan fingerprint density at radius 1 is 1.07 bits per heavy atom. The molecule has 27 heavy (non-hydrogen) atoms. The fourth-order valence-electron chi connectivity index (χ4n) is 4.11. The van der Waals surface area contributed by atoms with E-state index in [1.807, 2.05) is 43.0 Å². The van der Waals surface area contributed by atoms with Crippen LogP contribution < -0.4 is 9.47 Å². The Labute approximate surface area is 159 Å². The lowest BCUT2D eigenvalue weighted by molar-refractivity contribution is 0.0347. The largest absolute Gasteiger partial charge is 0.475 e. The molecule has 2 aliphatic rings. The van der Waals surface area contributed by atoms with Crippen LogP contribution in [0.2, 0.25) is 0 Å². The highest BCUT2D eigenvalue weighted by atomic mass is 16.5. The SMILES string of the molecule is CC(C)Oc1ccc(C(=O)N2C3CCC2CC(Oc2ccccn2)C3)cn1. The molecule has 2 bridgehead atoms. The van der Waals surface area contributed by atoms with Gasteiger partial charge in [0.05, 0.1) is 11.7 Å². The minimum absolute atomic E-state index is 0.0578. The number of ether oxygens (including phenoxy) is 2. The summed E-state index contributed by atoms with van der Waals surface area (Å²) >= 11 is 0. The van der Waals surface area contributed by atoms with E-state index in [-0.39, 0.29) is 30.2 Å². The van der Waals surface area contributed by atoms with Gasteiger partial charge in [0.2, 0.25) is 11.8 Å². The second-order valence-corrected chi connectivity index (χ2v) is 7.53. The summed E-state index contributed by atoms with van der Waals surface area (Å²) in [5.41, 5.74) is 0.618. The van der Waals surface area contributed by atoms with Crippen LogP contribution in [0.15, 0.2) is 42.7 Å². The molecule has 6 heteroatoms. The minimum Gasteiger partial charge on any atom is -0.475 e. The van der Waals surface area contributed by atoms with Crippen LogP contribution in [-0.2, 0) is 0 Å². The quantitative estimate of drug-likeness (QED) is 0.809. The number of fused-ring (bicyclic) bond motifs is 2. The fourth-order valence-corrected chi connectivity index (χ4v) is 4.11. The van der Waals surface area contributed by atoms with Gasteiger partial charge in [0.25, 0.3) is 5.91 Å². The minimum atomic E-state index is 0.0578. The summed E-state index contributed by atoms with van der Waals surface area (Å²) in [4.78, 5) is 23.6. The van der Waals surface area contributed by atoms with Crippen LogP contribution in [0.4, 0.5) is 0 Å². The third-order valence-corrected chi connectivity index (χ3v) is 5.19. The average Bonchev–Trinajstić information content (AvgIpc) is 2.93. The first-order chi connectivity index (χ1) is 13.1. The lowest BCUT2D eigenvalue weighted by atomic mass is 9.98. The lowest BCUT2D eigenvalue weighted by Crippen LogP contribution is -2.49. The summed E-state index contributed by atoms with van der Waals surface area (Å²) in [5, 5.41) is 0. The predicted octanol–water partition coefficient (Wildman–Crippen LogP) is 3.48. The first kappa shape index (κ1) is 17.8. The molecule has 2 aliphatic heterocycles. The number of hydrogen-bond acceptors (Lipinski definition) is 5. The summed E-state index contributed by atoms with van der Waals surface area (Å²) in [6.45, 7) is 3.91. The van der Waals surface area contributed by atoms with Gasteiger partial charge in [-0.3, -0.25) is 4.79 Å². The molecule has 0 spiro atoms. The number of carbonyl (C=O) groups is 1. The van der Waals surface area contributed by atoms with Crippen molar-refractivity contribution in [3.05, 3.63) is 48.3 Å². The van der Waals surface area contributed by atoms with Gasteiger partial charge < -0.3 is 14.4 Å². The standard InChI is InChI=1S/C21H25N3O3/c1-14(2)26-20-9-6-15(13-23-20)21(25)24-16-7-8-17(24)12-18(11-16)27-19-5-3-4-10-22-19/h3-6,9-10,13-14,16-18H,7-8,11-12H2,1-2H3. The molecule has 0 N–H and O–H groups in total. The Morgan fingerprint density at radius 2 is 1.85 bits per heavy atom. The molecule has 4 heterocycles. The number of nitrogens with zero attached hydrogens (tertiary/aromatic N) is 3. The van der Waals surface area contributed by atoms with Gasteiger partial charge in [-0.1, -0.05) is 6.07 Å². The van der Waals surface area contributed by atoms with Crippen LogP contribution in [0, 0.1) is 0 Å². The molecule has 2 aromatic rings. The molecular formula is C21H25N3O3. The van der Waals surface area contributed by atoms with E-state index in [4.69, 9.17) is 9.47 Å². The monoisotopic (exact) mass is 367 g/mol. The number of hydrogen-bond donors (Lipinski definition) is 0. The van der Waals surface area contributed by atoms with Crippen LogP contribution in [0.5, 0.6) is 11.8 Å². The molecule has 2 unspecified atom stereocenters. The van der Waals surface area contributed by atoms with E-state index in [1.54, 1.807) is 18.5 Å². The van der Waals surface area contributed by atoms with Gasteiger partial charge in [0.15, 0.2) is 0 Å². The van der Waals surface area contributed by atoms with Crippen molar-refractivity contribution in [2.45, 2.75) is 63.8 Å². The van der Waals surface area contributed by atoms with Gasteiger partial charge >= 0.3 is 0 Å². The van der Waals surface area contributed by atoms with E-state index in [9.17, 15) is 4.79 Å². The summed E-state index contributed by atoms with van der Waals surface area (Å²) < 4.78 is 11.6. The maximum atomic E-state index is 13.1. The van der Waals surface area contributed by atoms with Crippen LogP contribution in [0.3, 0.4) is 0 Å². The van der Waals surface area contributed by atoms with E-state index < -0.39 is 0 Å². The van der Waals surface area contributed by atoms with Crippen molar-refractivity contribution in [3.8, 4) is 11.8 Å². The van der Waals surface area contributed by atoms with E-state index >= 15 is 0 Å². The highest BCUT2D eigenvalue weighted by molar-refractivity contribution is 5.94. The zero-order valence-electron chi connectivity index (χ0n) is 15.7. The average molecular weight is 367 g/mol. The number of aromatic nitrogens is 2. The van der Waals surface area contributed by atoms with Crippen molar-refractivity contribution in [3.63, 3.8) is 0 Å². The summed E-state index contributed by atoms with van der Waals surface area (Å²) in [7, 11) is 0. The molecule has 0 aromatic carbocycles. The van der Waals surface area contributed by atoms with Gasteiger partial charge in [-0.25, -0.2) is 9.97 Å². The van der Waals surface area contributed by atoms with Gasteiger partial charge in [-0.05, 0) is 38.8 Å². The smallest absolute Gasteiger partial charge is 0.255 e. The molecular weight excluding hydrogens is 342 g/mol. The number of pyridine rings is 2. The zero-order chi connectivity index (χ0) is 18.8. The van der Waals surface area contributed by atoms with Crippen molar-refractivity contribution in [1.82, 2.24) is 14.9 Å². The van der Waals surface area contributed by atoms with Crippen LogP contribution in [-0.4, -0.2) is 45.1 Å². The van der Waals surface area contributed by atoms with Gasteiger partial charge in [0.1, 0.15) is 6.10 Å². The van der Waals surface area contributed by atoms with Crippen molar-refractivity contribution in [2.24, 2.45) is 0 Å². The zero-order valence-corrected chi connectivity index (χ0v) is 15.7. The molecule has 2 fully saturated rings. The Balaban J connectivity index is 1.42. The second-order valence-electron chi connectivity index (χ2n) is 7.53. The highest BCUT2D eigenvalue weighted by Crippen LogP contribution is 2.38. The Kier molecular flexibility index (Phi) is 4.97. The predicted molar refractivity (Wildman–Crippen MR) is 101 cm³/mol.